The highest BCUT2D eigenvalue weighted by Crippen LogP contribution is 2.23. The number of nitriles is 1. The quantitative estimate of drug-likeness (QED) is 0.797. The highest BCUT2D eigenvalue weighted by molar-refractivity contribution is 5.55. The molecular formula is C16H14N6O. The SMILES string of the molecule is Cc1ccc(Oc2cc(-n3nc(C)c(C#N)c3N)ncn2)cc1. The summed E-state index contributed by atoms with van der Waals surface area (Å²) in [5.41, 5.74) is 7.97. The minimum absolute atomic E-state index is 0.241. The van der Waals surface area contributed by atoms with Crippen LogP contribution in [0.5, 0.6) is 11.6 Å². The Hall–Kier alpha value is -3.40. The minimum Gasteiger partial charge on any atom is -0.439 e. The van der Waals surface area contributed by atoms with Crippen LogP contribution in [0.1, 0.15) is 16.8 Å². The zero-order valence-corrected chi connectivity index (χ0v) is 12.7. The van der Waals surface area contributed by atoms with Gasteiger partial charge in [-0.2, -0.15) is 15.0 Å². The van der Waals surface area contributed by atoms with E-state index in [1.807, 2.05) is 37.3 Å². The molecule has 1 aromatic carbocycles. The number of rotatable bonds is 3. The van der Waals surface area contributed by atoms with Gasteiger partial charge in [-0.3, -0.25) is 0 Å². The number of nitrogens with two attached hydrogens (primary N) is 1. The summed E-state index contributed by atoms with van der Waals surface area (Å²) in [5.74, 6) is 1.71. The highest BCUT2D eigenvalue weighted by atomic mass is 16.5. The average molecular weight is 306 g/mol. The van der Waals surface area contributed by atoms with Gasteiger partial charge in [0.05, 0.1) is 5.69 Å². The van der Waals surface area contributed by atoms with E-state index in [0.717, 1.165) is 5.56 Å². The van der Waals surface area contributed by atoms with Crippen LogP contribution < -0.4 is 10.5 Å². The van der Waals surface area contributed by atoms with Crippen molar-refractivity contribution in [2.24, 2.45) is 0 Å². The van der Waals surface area contributed by atoms with Crippen molar-refractivity contribution in [1.29, 1.82) is 5.26 Å². The van der Waals surface area contributed by atoms with Crippen molar-refractivity contribution in [2.45, 2.75) is 13.8 Å². The Morgan fingerprint density at radius 2 is 1.91 bits per heavy atom. The summed E-state index contributed by atoms with van der Waals surface area (Å²) in [6.45, 7) is 3.72. The molecule has 0 aliphatic heterocycles. The zero-order chi connectivity index (χ0) is 16.4. The Kier molecular flexibility index (Phi) is 3.65. The summed E-state index contributed by atoms with van der Waals surface area (Å²) >= 11 is 0. The van der Waals surface area contributed by atoms with Gasteiger partial charge < -0.3 is 10.5 Å². The lowest BCUT2D eigenvalue weighted by Gasteiger charge is -2.07. The maximum Gasteiger partial charge on any atom is 0.224 e. The number of anilines is 1. The van der Waals surface area contributed by atoms with E-state index in [1.165, 1.54) is 11.0 Å². The van der Waals surface area contributed by atoms with Gasteiger partial charge in [-0.05, 0) is 26.0 Å². The number of hydrogen-bond donors (Lipinski definition) is 1. The molecular weight excluding hydrogens is 292 g/mol. The fourth-order valence-corrected chi connectivity index (χ4v) is 2.09. The topological polar surface area (TPSA) is 103 Å². The summed E-state index contributed by atoms with van der Waals surface area (Å²) in [4.78, 5) is 8.22. The highest BCUT2D eigenvalue weighted by Gasteiger charge is 2.15. The number of aryl methyl sites for hydroxylation is 2. The van der Waals surface area contributed by atoms with Crippen LogP contribution in [0.4, 0.5) is 5.82 Å². The third kappa shape index (κ3) is 2.82. The van der Waals surface area contributed by atoms with E-state index in [9.17, 15) is 0 Å². The Morgan fingerprint density at radius 1 is 1.17 bits per heavy atom. The predicted octanol–water partition coefficient (Wildman–Crippen LogP) is 2.53. The lowest BCUT2D eigenvalue weighted by molar-refractivity contribution is 0.460. The maximum atomic E-state index is 9.09. The van der Waals surface area contributed by atoms with Crippen LogP contribution in [-0.2, 0) is 0 Å². The molecule has 0 unspecified atom stereocenters. The molecule has 0 spiro atoms. The Morgan fingerprint density at radius 3 is 2.57 bits per heavy atom. The molecule has 0 aliphatic rings. The van der Waals surface area contributed by atoms with E-state index >= 15 is 0 Å². The van der Waals surface area contributed by atoms with E-state index in [2.05, 4.69) is 15.1 Å². The molecule has 2 aromatic heterocycles. The molecule has 0 saturated heterocycles. The third-order valence-corrected chi connectivity index (χ3v) is 3.30. The van der Waals surface area contributed by atoms with Gasteiger partial charge >= 0.3 is 0 Å². The lowest BCUT2D eigenvalue weighted by Crippen LogP contribution is -2.05. The predicted molar refractivity (Wildman–Crippen MR) is 84.3 cm³/mol. The number of ether oxygens (including phenoxy) is 1. The van der Waals surface area contributed by atoms with Crippen LogP contribution in [0.15, 0.2) is 36.7 Å². The molecule has 0 radical (unpaired) electrons. The summed E-state index contributed by atoms with van der Waals surface area (Å²) in [7, 11) is 0. The first-order valence-electron chi connectivity index (χ1n) is 6.90. The molecule has 7 heteroatoms. The van der Waals surface area contributed by atoms with Gasteiger partial charge in [-0.25, -0.2) is 9.97 Å². The van der Waals surface area contributed by atoms with Gasteiger partial charge in [0.2, 0.25) is 5.88 Å². The van der Waals surface area contributed by atoms with Crippen LogP contribution in [-0.4, -0.2) is 19.7 Å². The van der Waals surface area contributed by atoms with Crippen LogP contribution in [0, 0.1) is 25.2 Å². The summed E-state index contributed by atoms with van der Waals surface area (Å²) < 4.78 is 7.10. The van der Waals surface area contributed by atoms with Crippen LogP contribution >= 0.6 is 0 Å². The van der Waals surface area contributed by atoms with E-state index in [4.69, 9.17) is 15.7 Å². The maximum absolute atomic E-state index is 9.09. The molecule has 0 bridgehead atoms. The number of hydrogen-bond acceptors (Lipinski definition) is 6. The van der Waals surface area contributed by atoms with Gasteiger partial charge in [0.15, 0.2) is 5.82 Å². The van der Waals surface area contributed by atoms with E-state index in [-0.39, 0.29) is 5.82 Å². The van der Waals surface area contributed by atoms with Crippen molar-refractivity contribution in [3.05, 3.63) is 53.5 Å². The number of benzene rings is 1. The molecule has 0 atom stereocenters. The third-order valence-electron chi connectivity index (χ3n) is 3.30. The lowest BCUT2D eigenvalue weighted by atomic mass is 10.2. The Balaban J connectivity index is 1.94. The number of aromatic nitrogens is 4. The fraction of sp³-hybridized carbons (Fsp3) is 0.125. The largest absolute Gasteiger partial charge is 0.439 e. The Labute approximate surface area is 133 Å². The number of nitrogen functional groups attached to an aromatic ring is 1. The van der Waals surface area contributed by atoms with Crippen LogP contribution in [0.2, 0.25) is 0 Å². The van der Waals surface area contributed by atoms with Crippen molar-refractivity contribution in [3.8, 4) is 23.5 Å². The summed E-state index contributed by atoms with van der Waals surface area (Å²) in [6.07, 6.45) is 1.36. The molecule has 2 heterocycles. The fourth-order valence-electron chi connectivity index (χ4n) is 2.09. The summed E-state index contributed by atoms with van der Waals surface area (Å²) in [5, 5.41) is 13.3. The molecule has 114 valence electrons. The molecule has 0 amide bonds. The van der Waals surface area contributed by atoms with Crippen LogP contribution in [0.3, 0.4) is 0 Å². The van der Waals surface area contributed by atoms with Crippen molar-refractivity contribution < 1.29 is 4.74 Å². The molecule has 23 heavy (non-hydrogen) atoms. The normalized spacial score (nSPS) is 10.3. The van der Waals surface area contributed by atoms with Gasteiger partial charge in [0, 0.05) is 6.07 Å². The van der Waals surface area contributed by atoms with Gasteiger partial charge in [-0.1, -0.05) is 17.7 Å². The smallest absolute Gasteiger partial charge is 0.224 e. The second-order valence-corrected chi connectivity index (χ2v) is 5.00. The molecule has 3 rings (SSSR count). The zero-order valence-electron chi connectivity index (χ0n) is 12.7. The van der Waals surface area contributed by atoms with E-state index in [0.29, 0.717) is 28.7 Å². The van der Waals surface area contributed by atoms with Crippen molar-refractivity contribution >= 4 is 5.82 Å². The van der Waals surface area contributed by atoms with Gasteiger partial charge in [-0.15, -0.1) is 0 Å². The minimum atomic E-state index is 0.241. The standard InChI is InChI=1S/C16H14N6O/c1-10-3-5-12(6-4-10)23-15-7-14(19-9-20-15)22-16(18)13(8-17)11(2)21-22/h3-7,9H,18H2,1-2H3. The number of nitrogens with zero attached hydrogens (tertiary/aromatic N) is 5. The molecule has 2 N–H and O–H groups in total. The summed E-state index contributed by atoms with van der Waals surface area (Å²) in [6, 6.07) is 11.3. The Bertz CT molecular complexity index is 892. The molecule has 3 aromatic rings. The molecule has 0 aliphatic carbocycles. The second kappa shape index (κ2) is 5.77. The van der Waals surface area contributed by atoms with E-state index < -0.39 is 0 Å². The molecule has 0 saturated carbocycles. The first kappa shape index (κ1) is 14.5. The first-order chi connectivity index (χ1) is 11.1. The van der Waals surface area contributed by atoms with E-state index in [1.54, 1.807) is 13.0 Å². The molecule has 7 nitrogen and oxygen atoms in total. The van der Waals surface area contributed by atoms with Crippen molar-refractivity contribution in [3.63, 3.8) is 0 Å². The monoisotopic (exact) mass is 306 g/mol. The van der Waals surface area contributed by atoms with Gasteiger partial charge in [0.25, 0.3) is 0 Å². The second-order valence-electron chi connectivity index (χ2n) is 5.00. The van der Waals surface area contributed by atoms with Crippen molar-refractivity contribution in [2.75, 3.05) is 5.73 Å². The van der Waals surface area contributed by atoms with Crippen molar-refractivity contribution in [1.82, 2.24) is 19.7 Å². The first-order valence-corrected chi connectivity index (χ1v) is 6.90. The van der Waals surface area contributed by atoms with Gasteiger partial charge in [0.1, 0.15) is 29.5 Å². The average Bonchev–Trinajstić information content (AvgIpc) is 2.84. The molecule has 0 fully saturated rings. The van der Waals surface area contributed by atoms with Crippen LogP contribution in [0.25, 0.3) is 5.82 Å².